The molecule has 71 heavy (non-hydrogen) atoms. The summed E-state index contributed by atoms with van der Waals surface area (Å²) >= 11 is 0. The maximum atomic E-state index is 15.4. The fourth-order valence-electron chi connectivity index (χ4n) is 9.65. The number of hydrogen-bond acceptors (Lipinski definition) is 8. The normalized spacial score (nSPS) is 12.7. The average Bonchev–Trinajstić information content (AvgIpc) is 3.39. The van der Waals surface area contributed by atoms with Gasteiger partial charge in [-0.25, -0.2) is 0 Å². The van der Waals surface area contributed by atoms with E-state index in [1.54, 1.807) is 42.3 Å². The van der Waals surface area contributed by atoms with Crippen LogP contribution in [0, 0.1) is 5.41 Å². The zero-order chi connectivity index (χ0) is 50.2. The number of hydrogen-bond donors (Lipinski definition) is 4. The Kier molecular flexibility index (Phi) is 15.1. The molecule has 0 aliphatic carbocycles. The van der Waals surface area contributed by atoms with E-state index in [9.17, 15) is 10.2 Å². The highest BCUT2D eigenvalue weighted by Gasteiger charge is 2.47. The van der Waals surface area contributed by atoms with Gasteiger partial charge < -0.3 is 39.8 Å². The number of benzene rings is 8. The molecule has 8 aromatic rings. The van der Waals surface area contributed by atoms with Crippen molar-refractivity contribution >= 4 is 33.4 Å². The zero-order valence-corrected chi connectivity index (χ0v) is 41.1. The molecule has 8 aromatic carbocycles. The summed E-state index contributed by atoms with van der Waals surface area (Å²) in [6, 6.07) is 55.3. The standard InChI is InChI=1S/C61H62N2O8/c1-59(2,57(64)62-55(53-19-11-15-45-13-7-9-17-51(45)53)60(66,37-41-21-29-47(68-3)30-22-41)38-42-23-31-48(69-4)32-24-42)58(65)63-56(54-20-12-16-46-14-8-10-18-52(46)54)61(67,39-43-25-33-49(70-5)34-26-43)40-44-27-35-50(71-6)36-28-44/h7-36,55-56,66-67H,37-40H2,1-6H3,(H,62,64)(H,63,65)/t55-,56-/m0/s1. The summed E-state index contributed by atoms with van der Waals surface area (Å²) in [5.74, 6) is 1.42. The van der Waals surface area contributed by atoms with Crippen LogP contribution in [0.2, 0.25) is 0 Å². The van der Waals surface area contributed by atoms with Crippen LogP contribution in [0.3, 0.4) is 0 Å². The van der Waals surface area contributed by atoms with Gasteiger partial charge in [-0.05, 0) is 117 Å². The van der Waals surface area contributed by atoms with Crippen molar-refractivity contribution in [1.29, 1.82) is 0 Å². The largest absolute Gasteiger partial charge is 0.497 e. The predicted octanol–water partition coefficient (Wildman–Crippen LogP) is 10.5. The monoisotopic (exact) mass is 950 g/mol. The lowest BCUT2D eigenvalue weighted by Crippen LogP contribution is -2.57. The third kappa shape index (κ3) is 11.2. The molecule has 0 heterocycles. The average molecular weight is 951 g/mol. The Morgan fingerprint density at radius 2 is 0.676 bits per heavy atom. The van der Waals surface area contributed by atoms with E-state index < -0.39 is 40.5 Å². The van der Waals surface area contributed by atoms with Crippen LogP contribution in [0.4, 0.5) is 0 Å². The number of carbonyl (C=O) groups is 2. The molecule has 0 aliphatic heterocycles. The van der Waals surface area contributed by atoms with E-state index in [2.05, 4.69) is 10.6 Å². The van der Waals surface area contributed by atoms with Crippen molar-refractivity contribution in [3.8, 4) is 23.0 Å². The smallest absolute Gasteiger partial charge is 0.235 e. The molecule has 0 spiro atoms. The van der Waals surface area contributed by atoms with Crippen LogP contribution in [-0.4, -0.2) is 61.7 Å². The molecule has 10 heteroatoms. The third-order valence-electron chi connectivity index (χ3n) is 13.7. The second-order valence-electron chi connectivity index (χ2n) is 18.9. The van der Waals surface area contributed by atoms with Crippen LogP contribution in [0.1, 0.15) is 59.3 Å². The van der Waals surface area contributed by atoms with Gasteiger partial charge in [-0.2, -0.15) is 0 Å². The first-order valence-electron chi connectivity index (χ1n) is 23.8. The molecule has 8 rings (SSSR count). The van der Waals surface area contributed by atoms with E-state index in [0.29, 0.717) is 34.1 Å². The highest BCUT2D eigenvalue weighted by molar-refractivity contribution is 6.05. The summed E-state index contributed by atoms with van der Waals surface area (Å²) in [4.78, 5) is 30.9. The molecule has 0 saturated heterocycles. The van der Waals surface area contributed by atoms with Gasteiger partial charge in [0.15, 0.2) is 0 Å². The molecule has 4 N–H and O–H groups in total. The van der Waals surface area contributed by atoms with Crippen molar-refractivity contribution in [1.82, 2.24) is 10.6 Å². The maximum Gasteiger partial charge on any atom is 0.235 e. The molecule has 2 amide bonds. The van der Waals surface area contributed by atoms with E-state index in [1.165, 1.54) is 0 Å². The minimum absolute atomic E-state index is 0.122. The van der Waals surface area contributed by atoms with Gasteiger partial charge in [0.05, 0.1) is 51.7 Å². The Balaban J connectivity index is 1.22. The summed E-state index contributed by atoms with van der Waals surface area (Å²) in [6.07, 6.45) is 0.487. The molecule has 10 nitrogen and oxygen atoms in total. The van der Waals surface area contributed by atoms with Gasteiger partial charge >= 0.3 is 0 Å². The minimum atomic E-state index is -1.77. The quantitative estimate of drug-likeness (QED) is 0.0555. The Morgan fingerprint density at radius 3 is 0.958 bits per heavy atom. The second-order valence-corrected chi connectivity index (χ2v) is 18.9. The summed E-state index contributed by atoms with van der Waals surface area (Å²) in [5.41, 5.74) is -0.510. The van der Waals surface area contributed by atoms with Crippen LogP contribution >= 0.6 is 0 Å². The fraction of sp³-hybridized carbons (Fsp3) is 0.246. The Bertz CT molecular complexity index is 2760. The molecule has 2 atom stereocenters. The third-order valence-corrected chi connectivity index (χ3v) is 13.7. The molecule has 0 aliphatic rings. The van der Waals surface area contributed by atoms with Crippen LogP contribution in [0.15, 0.2) is 182 Å². The van der Waals surface area contributed by atoms with Gasteiger partial charge in [-0.1, -0.05) is 133 Å². The molecule has 0 radical (unpaired) electrons. The van der Waals surface area contributed by atoms with E-state index >= 15 is 9.59 Å². The second kappa shape index (κ2) is 21.5. The Labute approximate surface area is 416 Å². The number of aliphatic hydroxyl groups is 2. The van der Waals surface area contributed by atoms with E-state index in [1.807, 2.05) is 182 Å². The van der Waals surface area contributed by atoms with Gasteiger partial charge in [-0.15, -0.1) is 0 Å². The lowest BCUT2D eigenvalue weighted by atomic mass is 9.76. The van der Waals surface area contributed by atoms with Crippen molar-refractivity contribution in [2.45, 2.75) is 62.8 Å². The number of rotatable bonds is 20. The van der Waals surface area contributed by atoms with Crippen LogP contribution in [0.25, 0.3) is 21.5 Å². The van der Waals surface area contributed by atoms with E-state index in [-0.39, 0.29) is 25.7 Å². The molecule has 0 unspecified atom stereocenters. The number of fused-ring (bicyclic) bond motifs is 2. The van der Waals surface area contributed by atoms with Gasteiger partial charge in [0.2, 0.25) is 11.8 Å². The number of carbonyl (C=O) groups excluding carboxylic acids is 2. The first-order chi connectivity index (χ1) is 34.2. The lowest BCUT2D eigenvalue weighted by molar-refractivity contribution is -0.145. The van der Waals surface area contributed by atoms with Crippen molar-refractivity contribution in [3.05, 3.63) is 215 Å². The van der Waals surface area contributed by atoms with Crippen LogP contribution < -0.4 is 29.6 Å². The summed E-state index contributed by atoms with van der Waals surface area (Å²) in [7, 11) is 6.41. The highest BCUT2D eigenvalue weighted by atomic mass is 16.5. The SMILES string of the molecule is COc1ccc(CC(O)(Cc2ccc(OC)cc2)[C@@H](NC(=O)C(C)(C)C(=O)N[C@@H](c2cccc3ccccc23)C(O)(Cc2ccc(OC)cc2)Cc2ccc(OC)cc2)c2cccc3ccccc23)cc1. The zero-order valence-electron chi connectivity index (χ0n) is 41.1. The molecule has 0 bridgehead atoms. The first kappa shape index (κ1) is 49.8. The van der Waals surface area contributed by atoms with Crippen LogP contribution in [-0.2, 0) is 35.3 Å². The van der Waals surface area contributed by atoms with Gasteiger partial charge in [0.1, 0.15) is 28.4 Å². The van der Waals surface area contributed by atoms with Gasteiger partial charge in [0, 0.05) is 25.7 Å². The van der Waals surface area contributed by atoms with Gasteiger partial charge in [0.25, 0.3) is 0 Å². The number of methoxy groups -OCH3 is 4. The number of nitrogens with one attached hydrogen (secondary N) is 2. The first-order valence-corrected chi connectivity index (χ1v) is 23.8. The molecule has 0 saturated carbocycles. The van der Waals surface area contributed by atoms with Crippen molar-refractivity contribution in [2.24, 2.45) is 5.41 Å². The molecular formula is C61H62N2O8. The summed E-state index contributed by atoms with van der Waals surface area (Å²) in [5, 5.41) is 37.1. The number of amides is 2. The minimum Gasteiger partial charge on any atom is -0.497 e. The molecule has 0 fully saturated rings. The Morgan fingerprint density at radius 1 is 0.408 bits per heavy atom. The maximum absolute atomic E-state index is 15.4. The van der Waals surface area contributed by atoms with Crippen LogP contribution in [0.5, 0.6) is 23.0 Å². The molecular weight excluding hydrogens is 889 g/mol. The van der Waals surface area contributed by atoms with Crippen molar-refractivity contribution < 1.29 is 38.7 Å². The summed E-state index contributed by atoms with van der Waals surface area (Å²) < 4.78 is 21.9. The van der Waals surface area contributed by atoms with Crippen molar-refractivity contribution in [2.75, 3.05) is 28.4 Å². The Hall–Kier alpha value is -7.66. The topological polar surface area (TPSA) is 136 Å². The molecule has 364 valence electrons. The highest BCUT2D eigenvalue weighted by Crippen LogP contribution is 2.41. The van der Waals surface area contributed by atoms with E-state index in [0.717, 1.165) is 43.8 Å². The van der Waals surface area contributed by atoms with Crippen molar-refractivity contribution in [3.63, 3.8) is 0 Å². The number of ether oxygens (including phenoxy) is 4. The lowest BCUT2D eigenvalue weighted by Gasteiger charge is -2.41. The molecule has 0 aromatic heterocycles. The van der Waals surface area contributed by atoms with E-state index in [4.69, 9.17) is 18.9 Å². The fourth-order valence-corrected chi connectivity index (χ4v) is 9.65. The predicted molar refractivity (Wildman–Crippen MR) is 280 cm³/mol. The van der Waals surface area contributed by atoms with Gasteiger partial charge in [-0.3, -0.25) is 9.59 Å². The summed E-state index contributed by atoms with van der Waals surface area (Å²) in [6.45, 7) is 3.16.